The summed E-state index contributed by atoms with van der Waals surface area (Å²) in [6.45, 7) is 10.9. The number of hydrogen-bond donors (Lipinski definition) is 1. The Labute approximate surface area is 164 Å². The van der Waals surface area contributed by atoms with Crippen LogP contribution >= 0.6 is 47.8 Å². The lowest BCUT2D eigenvalue weighted by Gasteiger charge is -2.60. The van der Waals surface area contributed by atoms with Crippen molar-refractivity contribution in [3.05, 3.63) is 11.1 Å². The Bertz CT molecular complexity index is 609. The van der Waals surface area contributed by atoms with Crippen LogP contribution in [-0.4, -0.2) is 31.0 Å². The highest BCUT2D eigenvalue weighted by Gasteiger charge is 2.63. The number of fused-ring (bicyclic) bond motifs is 3. The molecule has 5 unspecified atom stereocenters. The van der Waals surface area contributed by atoms with Gasteiger partial charge in [-0.15, -0.1) is 0 Å². The van der Waals surface area contributed by atoms with Crippen molar-refractivity contribution in [2.24, 2.45) is 16.2 Å². The SMILES string of the molecule is CC1(C)CC2(O)CC(C)(C1)C(Br)C1=C2C(=O)C(Br)C(C)(C)C1Br. The van der Waals surface area contributed by atoms with Gasteiger partial charge in [-0.2, -0.15) is 0 Å². The van der Waals surface area contributed by atoms with Gasteiger partial charge in [0.25, 0.3) is 0 Å². The molecule has 3 rings (SSSR count). The maximum atomic E-state index is 13.2. The molecule has 3 aliphatic carbocycles. The monoisotopic (exact) mass is 510 g/mol. The first-order chi connectivity index (χ1) is 10.3. The van der Waals surface area contributed by atoms with Crippen molar-refractivity contribution in [2.45, 2.75) is 74.0 Å². The third kappa shape index (κ3) is 2.50. The van der Waals surface area contributed by atoms with Crippen LogP contribution in [0.1, 0.15) is 53.9 Å². The number of allylic oxidation sites excluding steroid dienone is 1. The Morgan fingerprint density at radius 3 is 2.04 bits per heavy atom. The van der Waals surface area contributed by atoms with Crippen molar-refractivity contribution in [1.82, 2.24) is 0 Å². The number of alkyl halides is 3. The molecule has 0 radical (unpaired) electrons. The molecule has 0 spiro atoms. The predicted molar refractivity (Wildman–Crippen MR) is 105 cm³/mol. The number of ketones is 1. The predicted octanol–water partition coefficient (Wildman–Crippen LogP) is 5.14. The van der Waals surface area contributed by atoms with Crippen LogP contribution < -0.4 is 0 Å². The van der Waals surface area contributed by atoms with Gasteiger partial charge in [-0.1, -0.05) is 82.4 Å². The summed E-state index contributed by atoms with van der Waals surface area (Å²) < 4.78 is 0. The molecule has 2 bridgehead atoms. The summed E-state index contributed by atoms with van der Waals surface area (Å²) in [5.74, 6) is 0.0624. The van der Waals surface area contributed by atoms with Crippen LogP contribution in [0.2, 0.25) is 0 Å². The van der Waals surface area contributed by atoms with Crippen molar-refractivity contribution < 1.29 is 9.90 Å². The summed E-state index contributed by atoms with van der Waals surface area (Å²) in [7, 11) is 0. The molecule has 1 N–H and O–H groups in total. The number of halogens is 3. The summed E-state index contributed by atoms with van der Waals surface area (Å²) in [5, 5.41) is 11.6. The van der Waals surface area contributed by atoms with Gasteiger partial charge in [0.1, 0.15) is 0 Å². The molecule has 1 fully saturated rings. The molecule has 5 atom stereocenters. The van der Waals surface area contributed by atoms with Crippen LogP contribution in [0.5, 0.6) is 0 Å². The van der Waals surface area contributed by atoms with Gasteiger partial charge in [-0.3, -0.25) is 4.79 Å². The van der Waals surface area contributed by atoms with E-state index in [0.29, 0.717) is 18.4 Å². The minimum absolute atomic E-state index is 0.0170. The molecule has 1 saturated carbocycles. The molecule has 2 nitrogen and oxygen atoms in total. The summed E-state index contributed by atoms with van der Waals surface area (Å²) in [6.07, 6.45) is 2.35. The smallest absolute Gasteiger partial charge is 0.175 e. The molecule has 0 aromatic carbocycles. The molecule has 23 heavy (non-hydrogen) atoms. The van der Waals surface area contributed by atoms with Crippen molar-refractivity contribution in [3.63, 3.8) is 0 Å². The Balaban J connectivity index is 2.27. The average Bonchev–Trinajstić information content (AvgIpc) is 2.36. The normalized spacial score (nSPS) is 48.2. The van der Waals surface area contributed by atoms with Crippen LogP contribution in [0.4, 0.5) is 0 Å². The van der Waals surface area contributed by atoms with E-state index < -0.39 is 5.60 Å². The van der Waals surface area contributed by atoms with Gasteiger partial charge in [0.2, 0.25) is 0 Å². The third-order valence-electron chi connectivity index (χ3n) is 6.04. The highest BCUT2D eigenvalue weighted by atomic mass is 79.9. The molecule has 0 saturated heterocycles. The molecule has 5 heteroatoms. The number of rotatable bonds is 0. The number of Topliss-reactive ketones (excluding diaryl/α,β-unsaturated/α-hetero) is 1. The second-order valence-electron chi connectivity index (χ2n) is 9.48. The molecule has 0 heterocycles. The summed E-state index contributed by atoms with van der Waals surface area (Å²) >= 11 is 11.4. The van der Waals surface area contributed by atoms with E-state index in [0.717, 1.165) is 12.0 Å². The first kappa shape index (κ1) is 18.6. The Hall–Kier alpha value is 0.810. The Morgan fingerprint density at radius 2 is 1.48 bits per heavy atom. The molecular weight excluding hydrogens is 488 g/mol. The van der Waals surface area contributed by atoms with Crippen molar-refractivity contribution in [2.75, 3.05) is 0 Å². The van der Waals surface area contributed by atoms with Gasteiger partial charge >= 0.3 is 0 Å². The lowest BCUT2D eigenvalue weighted by molar-refractivity contribution is -0.126. The van der Waals surface area contributed by atoms with Crippen LogP contribution in [0.25, 0.3) is 0 Å². The van der Waals surface area contributed by atoms with Gasteiger partial charge in [-0.05, 0) is 35.7 Å². The highest BCUT2D eigenvalue weighted by Crippen LogP contribution is 2.64. The van der Waals surface area contributed by atoms with Crippen molar-refractivity contribution in [1.29, 1.82) is 0 Å². The standard InChI is InChI=1S/C18H25Br3O2/c1-15(2)6-17(5)8-18(23,7-15)10-9(13(17)20)12(19)16(3,4)14(21)11(10)22/h12-14,23H,6-8H2,1-5H3. The van der Waals surface area contributed by atoms with Gasteiger partial charge < -0.3 is 5.11 Å². The van der Waals surface area contributed by atoms with Gasteiger partial charge in [0.05, 0.1) is 10.4 Å². The van der Waals surface area contributed by atoms with E-state index in [-0.39, 0.29) is 36.5 Å². The van der Waals surface area contributed by atoms with Crippen molar-refractivity contribution in [3.8, 4) is 0 Å². The zero-order valence-corrected chi connectivity index (χ0v) is 19.1. The fraction of sp³-hybridized carbons (Fsp3) is 0.833. The molecule has 0 amide bonds. The van der Waals surface area contributed by atoms with E-state index in [4.69, 9.17) is 0 Å². The second-order valence-corrected chi connectivity index (χ2v) is 12.2. The maximum Gasteiger partial charge on any atom is 0.175 e. The molecule has 3 aliphatic rings. The first-order valence-corrected chi connectivity index (χ1v) is 10.9. The lowest BCUT2D eigenvalue weighted by atomic mass is 9.49. The first-order valence-electron chi connectivity index (χ1n) is 8.19. The fourth-order valence-corrected chi connectivity index (χ4v) is 8.27. The van der Waals surface area contributed by atoms with Crippen LogP contribution in [-0.2, 0) is 4.79 Å². The van der Waals surface area contributed by atoms with E-state index in [1.165, 1.54) is 0 Å². The van der Waals surface area contributed by atoms with E-state index in [1.807, 2.05) is 0 Å². The van der Waals surface area contributed by atoms with Gasteiger partial charge in [-0.25, -0.2) is 0 Å². The minimum atomic E-state index is -1.01. The molecular formula is C18H25Br3O2. The lowest BCUT2D eigenvalue weighted by Crippen LogP contribution is -2.62. The number of hydrogen-bond acceptors (Lipinski definition) is 2. The Morgan fingerprint density at radius 1 is 0.913 bits per heavy atom. The average molecular weight is 513 g/mol. The fourth-order valence-electron chi connectivity index (χ4n) is 5.49. The number of carbonyl (C=O) groups excluding carboxylic acids is 1. The van der Waals surface area contributed by atoms with Gasteiger partial charge in [0, 0.05) is 20.6 Å². The topological polar surface area (TPSA) is 37.3 Å². The molecule has 0 aromatic rings. The summed E-state index contributed by atoms with van der Waals surface area (Å²) in [4.78, 5) is 13.1. The number of aliphatic hydroxyl groups is 1. The third-order valence-corrected chi connectivity index (χ3v) is 10.9. The molecule has 130 valence electrons. The largest absolute Gasteiger partial charge is 0.385 e. The maximum absolute atomic E-state index is 13.2. The molecule has 0 aromatic heterocycles. The van der Waals surface area contributed by atoms with E-state index >= 15 is 0 Å². The quantitative estimate of drug-likeness (QED) is 0.456. The van der Waals surface area contributed by atoms with Crippen LogP contribution in [0.15, 0.2) is 11.1 Å². The van der Waals surface area contributed by atoms with Crippen LogP contribution in [0, 0.1) is 16.2 Å². The minimum Gasteiger partial charge on any atom is -0.385 e. The summed E-state index contributed by atoms with van der Waals surface area (Å²) in [6, 6.07) is 0. The highest BCUT2D eigenvalue weighted by molar-refractivity contribution is 9.10. The number of carbonyl (C=O) groups is 1. The van der Waals surface area contributed by atoms with E-state index in [9.17, 15) is 9.90 Å². The van der Waals surface area contributed by atoms with E-state index in [1.54, 1.807) is 0 Å². The second kappa shape index (κ2) is 5.17. The molecule has 0 aliphatic heterocycles. The Kier molecular flexibility index (Phi) is 4.18. The zero-order chi connectivity index (χ0) is 17.6. The summed E-state index contributed by atoms with van der Waals surface area (Å²) in [5.41, 5.74) is 0.451. The van der Waals surface area contributed by atoms with Crippen molar-refractivity contribution >= 4 is 53.6 Å². The zero-order valence-electron chi connectivity index (χ0n) is 14.3. The van der Waals surface area contributed by atoms with Gasteiger partial charge in [0.15, 0.2) is 5.78 Å². The van der Waals surface area contributed by atoms with E-state index in [2.05, 4.69) is 82.4 Å². The van der Waals surface area contributed by atoms with Crippen LogP contribution in [0.3, 0.4) is 0 Å².